The summed E-state index contributed by atoms with van der Waals surface area (Å²) in [5.74, 6) is 0.375. The van der Waals surface area contributed by atoms with Gasteiger partial charge in [-0.3, -0.25) is 4.79 Å². The van der Waals surface area contributed by atoms with Crippen LogP contribution in [0.2, 0.25) is 0 Å². The number of nitrogens with zero attached hydrogens (tertiary/aromatic N) is 2. The van der Waals surface area contributed by atoms with Gasteiger partial charge in [0.1, 0.15) is 0 Å². The van der Waals surface area contributed by atoms with Gasteiger partial charge in [-0.15, -0.1) is 0 Å². The second-order valence-corrected chi connectivity index (χ2v) is 6.43. The molecule has 0 aliphatic carbocycles. The summed E-state index contributed by atoms with van der Waals surface area (Å²) in [4.78, 5) is 17.3. The highest BCUT2D eigenvalue weighted by Crippen LogP contribution is 2.34. The molecule has 2 saturated heterocycles. The van der Waals surface area contributed by atoms with Crippen LogP contribution in [0.1, 0.15) is 39.0 Å². The molecule has 2 aliphatic rings. The topological polar surface area (TPSA) is 35.6 Å². The largest absolute Gasteiger partial charge is 0.341 e. The minimum atomic E-state index is -0.125. The zero-order chi connectivity index (χ0) is 13.9. The van der Waals surface area contributed by atoms with Gasteiger partial charge in [0.15, 0.2) is 0 Å². The van der Waals surface area contributed by atoms with E-state index in [2.05, 4.69) is 29.1 Å². The van der Waals surface area contributed by atoms with E-state index in [1.165, 1.54) is 13.0 Å². The van der Waals surface area contributed by atoms with Crippen LogP contribution in [-0.2, 0) is 4.79 Å². The zero-order valence-corrected chi connectivity index (χ0v) is 12.7. The van der Waals surface area contributed by atoms with E-state index in [1.807, 2.05) is 7.05 Å². The number of likely N-dealkylation sites (N-methyl/N-ethyl adjacent to an activating group) is 2. The lowest BCUT2D eigenvalue weighted by Gasteiger charge is -2.40. The predicted octanol–water partition coefficient (Wildman–Crippen LogP) is 1.32. The number of hydrogen-bond donors (Lipinski definition) is 1. The van der Waals surface area contributed by atoms with E-state index in [9.17, 15) is 4.79 Å². The van der Waals surface area contributed by atoms with Crippen molar-refractivity contribution in [2.75, 3.05) is 40.3 Å². The summed E-state index contributed by atoms with van der Waals surface area (Å²) in [6.45, 7) is 6.23. The standard InChI is InChI=1S/C15H29N3O/c1-4-7-15(8-9-16-12-15)14(19)18(3)13-6-5-10-17(2)11-13/h13,16H,4-12H2,1-3H3. The fourth-order valence-electron chi connectivity index (χ4n) is 3.72. The molecule has 0 aromatic heterocycles. The van der Waals surface area contributed by atoms with Crippen LogP contribution in [0.5, 0.6) is 0 Å². The van der Waals surface area contributed by atoms with Gasteiger partial charge < -0.3 is 15.1 Å². The average Bonchev–Trinajstić information content (AvgIpc) is 2.87. The number of likely N-dealkylation sites (tertiary alicyclic amines) is 1. The molecule has 0 spiro atoms. The maximum absolute atomic E-state index is 12.9. The third kappa shape index (κ3) is 3.11. The van der Waals surface area contributed by atoms with E-state index in [-0.39, 0.29) is 5.41 Å². The van der Waals surface area contributed by atoms with Crippen LogP contribution in [-0.4, -0.2) is 62.0 Å². The van der Waals surface area contributed by atoms with Crippen molar-refractivity contribution in [1.29, 1.82) is 0 Å². The Morgan fingerprint density at radius 3 is 2.89 bits per heavy atom. The number of piperidine rings is 1. The molecule has 4 nitrogen and oxygen atoms in total. The van der Waals surface area contributed by atoms with Gasteiger partial charge in [-0.25, -0.2) is 0 Å². The van der Waals surface area contributed by atoms with Gasteiger partial charge in [-0.1, -0.05) is 13.3 Å². The molecule has 0 saturated carbocycles. The number of rotatable bonds is 4. The summed E-state index contributed by atoms with van der Waals surface area (Å²) < 4.78 is 0. The first-order chi connectivity index (χ1) is 9.09. The molecule has 4 heteroatoms. The first-order valence-corrected chi connectivity index (χ1v) is 7.75. The van der Waals surface area contributed by atoms with Crippen molar-refractivity contribution in [3.8, 4) is 0 Å². The summed E-state index contributed by atoms with van der Waals surface area (Å²) in [7, 11) is 4.17. The van der Waals surface area contributed by atoms with Gasteiger partial charge in [0.2, 0.25) is 5.91 Å². The Balaban J connectivity index is 2.04. The van der Waals surface area contributed by atoms with E-state index in [0.29, 0.717) is 11.9 Å². The molecule has 0 aromatic carbocycles. The minimum absolute atomic E-state index is 0.125. The van der Waals surface area contributed by atoms with Crippen LogP contribution in [0.3, 0.4) is 0 Å². The lowest BCUT2D eigenvalue weighted by molar-refractivity contribution is -0.143. The van der Waals surface area contributed by atoms with E-state index in [1.54, 1.807) is 0 Å². The van der Waals surface area contributed by atoms with E-state index >= 15 is 0 Å². The van der Waals surface area contributed by atoms with Gasteiger partial charge in [0.25, 0.3) is 0 Å². The highest BCUT2D eigenvalue weighted by molar-refractivity contribution is 5.83. The molecule has 2 atom stereocenters. The molecule has 19 heavy (non-hydrogen) atoms. The predicted molar refractivity (Wildman–Crippen MR) is 78.1 cm³/mol. The third-order valence-corrected chi connectivity index (χ3v) is 4.89. The molecule has 0 radical (unpaired) electrons. The molecule has 2 unspecified atom stereocenters. The van der Waals surface area contributed by atoms with Crippen molar-refractivity contribution >= 4 is 5.91 Å². The molecule has 0 bridgehead atoms. The Kier molecular flexibility index (Phi) is 4.85. The molecule has 1 amide bonds. The fraction of sp³-hybridized carbons (Fsp3) is 0.933. The van der Waals surface area contributed by atoms with Gasteiger partial charge in [-0.05, 0) is 45.8 Å². The van der Waals surface area contributed by atoms with Crippen LogP contribution < -0.4 is 5.32 Å². The second kappa shape index (κ2) is 6.23. The Morgan fingerprint density at radius 1 is 1.53 bits per heavy atom. The van der Waals surface area contributed by atoms with Gasteiger partial charge in [0.05, 0.1) is 5.41 Å². The van der Waals surface area contributed by atoms with Gasteiger partial charge in [-0.2, -0.15) is 0 Å². The Hall–Kier alpha value is -0.610. The maximum atomic E-state index is 12.9. The van der Waals surface area contributed by atoms with Crippen molar-refractivity contribution in [2.24, 2.45) is 5.41 Å². The van der Waals surface area contributed by atoms with Crippen molar-refractivity contribution < 1.29 is 4.79 Å². The number of hydrogen-bond acceptors (Lipinski definition) is 3. The molecular weight excluding hydrogens is 238 g/mol. The molecule has 2 fully saturated rings. The van der Waals surface area contributed by atoms with Crippen molar-refractivity contribution in [1.82, 2.24) is 15.1 Å². The van der Waals surface area contributed by atoms with Crippen LogP contribution in [0.25, 0.3) is 0 Å². The molecule has 2 rings (SSSR count). The quantitative estimate of drug-likeness (QED) is 0.834. The van der Waals surface area contributed by atoms with Crippen molar-refractivity contribution in [3.05, 3.63) is 0 Å². The van der Waals surface area contributed by atoms with E-state index < -0.39 is 0 Å². The second-order valence-electron chi connectivity index (χ2n) is 6.43. The summed E-state index contributed by atoms with van der Waals surface area (Å²) in [6.07, 6.45) is 5.48. The van der Waals surface area contributed by atoms with E-state index in [0.717, 1.165) is 45.3 Å². The fourth-order valence-corrected chi connectivity index (χ4v) is 3.72. The summed E-state index contributed by atoms with van der Waals surface area (Å²) in [5, 5.41) is 3.39. The van der Waals surface area contributed by atoms with Crippen LogP contribution in [0.15, 0.2) is 0 Å². The normalized spacial score (nSPS) is 32.5. The highest BCUT2D eigenvalue weighted by Gasteiger charge is 2.43. The van der Waals surface area contributed by atoms with Gasteiger partial charge >= 0.3 is 0 Å². The Morgan fingerprint density at radius 2 is 2.32 bits per heavy atom. The molecule has 110 valence electrons. The molecule has 0 aromatic rings. The SMILES string of the molecule is CCCC1(C(=O)N(C)C2CCCN(C)C2)CCNC1. The Labute approximate surface area is 117 Å². The van der Waals surface area contributed by atoms with Crippen molar-refractivity contribution in [3.63, 3.8) is 0 Å². The minimum Gasteiger partial charge on any atom is -0.341 e. The smallest absolute Gasteiger partial charge is 0.230 e. The summed E-state index contributed by atoms with van der Waals surface area (Å²) in [5.41, 5.74) is -0.125. The monoisotopic (exact) mass is 267 g/mol. The average molecular weight is 267 g/mol. The number of amides is 1. The van der Waals surface area contributed by atoms with Crippen LogP contribution in [0, 0.1) is 5.41 Å². The first-order valence-electron chi connectivity index (χ1n) is 7.75. The zero-order valence-electron chi connectivity index (χ0n) is 12.7. The summed E-state index contributed by atoms with van der Waals surface area (Å²) >= 11 is 0. The number of carbonyl (C=O) groups is 1. The molecule has 1 N–H and O–H groups in total. The van der Waals surface area contributed by atoms with Crippen LogP contribution >= 0.6 is 0 Å². The number of carbonyl (C=O) groups excluding carboxylic acids is 1. The molecular formula is C15H29N3O. The lowest BCUT2D eigenvalue weighted by atomic mass is 9.80. The molecule has 2 aliphatic heterocycles. The van der Waals surface area contributed by atoms with Crippen molar-refractivity contribution in [2.45, 2.75) is 45.1 Å². The summed E-state index contributed by atoms with van der Waals surface area (Å²) in [6, 6.07) is 0.403. The van der Waals surface area contributed by atoms with Crippen LogP contribution in [0.4, 0.5) is 0 Å². The third-order valence-electron chi connectivity index (χ3n) is 4.89. The molecule has 2 heterocycles. The van der Waals surface area contributed by atoms with E-state index in [4.69, 9.17) is 0 Å². The Bertz CT molecular complexity index is 313. The van der Waals surface area contributed by atoms with Gasteiger partial charge in [0, 0.05) is 26.2 Å². The maximum Gasteiger partial charge on any atom is 0.230 e. The highest BCUT2D eigenvalue weighted by atomic mass is 16.2. The first kappa shape index (κ1) is 14.8. The lowest BCUT2D eigenvalue weighted by Crippen LogP contribution is -2.52. The number of nitrogens with one attached hydrogen (secondary N) is 1.